The van der Waals surface area contributed by atoms with Gasteiger partial charge >= 0.3 is 0 Å². The molecule has 0 N–H and O–H groups in total. The molecule has 1 spiro atoms. The third kappa shape index (κ3) is 2.11. The molecule has 0 aromatic heterocycles. The van der Waals surface area contributed by atoms with E-state index in [9.17, 15) is 4.79 Å². The second kappa shape index (κ2) is 4.40. The number of allylic oxidation sites excluding steroid dienone is 1. The minimum absolute atomic E-state index is 0.00755. The molecule has 0 aromatic rings. The summed E-state index contributed by atoms with van der Waals surface area (Å²) in [4.78, 5) is 11.9. The minimum atomic E-state index is -0.484. The van der Waals surface area contributed by atoms with Crippen molar-refractivity contribution in [1.82, 2.24) is 0 Å². The van der Waals surface area contributed by atoms with Crippen LogP contribution in [0.2, 0.25) is 0 Å². The highest BCUT2D eigenvalue weighted by atomic mass is 16.7. The number of ketones is 1. The lowest BCUT2D eigenvalue weighted by molar-refractivity contribution is -0.144. The third-order valence-electron chi connectivity index (χ3n) is 5.78. The maximum atomic E-state index is 11.9. The van der Waals surface area contributed by atoms with Gasteiger partial charge in [0.1, 0.15) is 5.60 Å². The van der Waals surface area contributed by atoms with Crippen molar-refractivity contribution >= 4 is 5.78 Å². The molecule has 2 heterocycles. The van der Waals surface area contributed by atoms with E-state index in [0.717, 1.165) is 38.7 Å². The molecule has 0 amide bonds. The second-order valence-electron chi connectivity index (χ2n) is 7.51. The summed E-state index contributed by atoms with van der Waals surface area (Å²) in [5.41, 5.74) is 1.30. The van der Waals surface area contributed by atoms with E-state index in [1.807, 2.05) is 19.9 Å². The van der Waals surface area contributed by atoms with Crippen LogP contribution in [0.15, 0.2) is 11.6 Å². The van der Waals surface area contributed by atoms with Crippen molar-refractivity contribution in [2.24, 2.45) is 5.41 Å². The average molecular weight is 292 g/mol. The second-order valence-corrected chi connectivity index (χ2v) is 7.51. The maximum Gasteiger partial charge on any atom is 0.163 e. The molecule has 0 radical (unpaired) electrons. The van der Waals surface area contributed by atoms with Gasteiger partial charge < -0.3 is 14.2 Å². The summed E-state index contributed by atoms with van der Waals surface area (Å²) in [6, 6.07) is 0. The maximum absolute atomic E-state index is 11.9. The number of hydrogen-bond acceptors (Lipinski definition) is 4. The van der Waals surface area contributed by atoms with Crippen molar-refractivity contribution in [2.45, 2.75) is 69.9 Å². The highest BCUT2D eigenvalue weighted by molar-refractivity contribution is 5.91. The SMILES string of the molecule is CC1(C)OC[C@H](C[C@@]23CCC(=O)C=C2CCC[C@]32CO2)O1. The highest BCUT2D eigenvalue weighted by Crippen LogP contribution is 2.62. The smallest absolute Gasteiger partial charge is 0.163 e. The Labute approximate surface area is 125 Å². The average Bonchev–Trinajstić information content (AvgIpc) is 3.11. The predicted octanol–water partition coefficient (Wildman–Crippen LogP) is 2.76. The van der Waals surface area contributed by atoms with E-state index in [0.29, 0.717) is 13.0 Å². The standard InChI is InChI=1S/C17H24O4/c1-15(2)19-10-14(21-15)9-16-7-5-13(18)8-12(16)4-3-6-17(16)11-20-17/h8,14H,3-7,9-11H2,1-2H3/t14-,16-,17-/m0/s1. The Morgan fingerprint density at radius 1 is 1.24 bits per heavy atom. The largest absolute Gasteiger partial charge is 0.369 e. The molecule has 2 aliphatic heterocycles. The zero-order valence-corrected chi connectivity index (χ0v) is 12.9. The van der Waals surface area contributed by atoms with Crippen molar-refractivity contribution < 1.29 is 19.0 Å². The first-order chi connectivity index (χ1) is 9.95. The molecule has 3 fully saturated rings. The molecule has 0 unspecified atom stereocenters. The lowest BCUT2D eigenvalue weighted by atomic mass is 9.56. The van der Waals surface area contributed by atoms with Crippen molar-refractivity contribution in [2.75, 3.05) is 13.2 Å². The molecule has 4 aliphatic rings. The summed E-state index contributed by atoms with van der Waals surface area (Å²) in [5.74, 6) is -0.204. The number of rotatable bonds is 2. The number of ether oxygens (including phenoxy) is 3. The lowest BCUT2D eigenvalue weighted by Gasteiger charge is -2.47. The topological polar surface area (TPSA) is 48.1 Å². The Kier molecular flexibility index (Phi) is 2.92. The molecule has 21 heavy (non-hydrogen) atoms. The number of hydrogen-bond donors (Lipinski definition) is 0. The molecule has 2 aliphatic carbocycles. The van der Waals surface area contributed by atoms with Gasteiger partial charge in [0.05, 0.1) is 19.3 Å². The van der Waals surface area contributed by atoms with Crippen LogP contribution in [0.5, 0.6) is 0 Å². The zero-order chi connectivity index (χ0) is 14.7. The fourth-order valence-electron chi connectivity index (χ4n) is 4.72. The van der Waals surface area contributed by atoms with E-state index in [1.165, 1.54) is 5.57 Å². The van der Waals surface area contributed by atoms with Gasteiger partial charge in [-0.05, 0) is 52.0 Å². The van der Waals surface area contributed by atoms with Gasteiger partial charge in [-0.2, -0.15) is 0 Å². The van der Waals surface area contributed by atoms with Crippen molar-refractivity contribution in [3.8, 4) is 0 Å². The molecule has 0 aromatic carbocycles. The van der Waals surface area contributed by atoms with Crippen molar-refractivity contribution in [3.05, 3.63) is 11.6 Å². The van der Waals surface area contributed by atoms with Crippen LogP contribution in [0.1, 0.15) is 52.4 Å². The number of fused-ring (bicyclic) bond motifs is 2. The van der Waals surface area contributed by atoms with Crippen LogP contribution in [0.3, 0.4) is 0 Å². The third-order valence-corrected chi connectivity index (χ3v) is 5.78. The molecule has 116 valence electrons. The van der Waals surface area contributed by atoms with Gasteiger partial charge in [-0.15, -0.1) is 0 Å². The molecule has 1 saturated carbocycles. The predicted molar refractivity (Wildman–Crippen MR) is 76.8 cm³/mol. The van der Waals surface area contributed by atoms with Crippen LogP contribution in [-0.4, -0.2) is 36.5 Å². The van der Waals surface area contributed by atoms with Gasteiger partial charge in [0, 0.05) is 11.8 Å². The van der Waals surface area contributed by atoms with Crippen LogP contribution in [0.4, 0.5) is 0 Å². The van der Waals surface area contributed by atoms with Gasteiger partial charge in [-0.25, -0.2) is 0 Å². The van der Waals surface area contributed by atoms with E-state index in [1.54, 1.807) is 0 Å². The summed E-state index contributed by atoms with van der Waals surface area (Å²) in [5, 5.41) is 0. The van der Waals surface area contributed by atoms with Crippen LogP contribution in [0.25, 0.3) is 0 Å². The minimum Gasteiger partial charge on any atom is -0.369 e. The van der Waals surface area contributed by atoms with E-state index >= 15 is 0 Å². The summed E-state index contributed by atoms with van der Waals surface area (Å²) in [6.07, 6.45) is 7.79. The zero-order valence-electron chi connectivity index (χ0n) is 12.9. The van der Waals surface area contributed by atoms with Crippen molar-refractivity contribution in [1.29, 1.82) is 0 Å². The van der Waals surface area contributed by atoms with Crippen LogP contribution in [0, 0.1) is 5.41 Å². The molecule has 4 nitrogen and oxygen atoms in total. The van der Waals surface area contributed by atoms with E-state index in [2.05, 4.69) is 0 Å². The molecule has 4 heteroatoms. The van der Waals surface area contributed by atoms with E-state index < -0.39 is 5.79 Å². The quantitative estimate of drug-likeness (QED) is 0.734. The molecule has 2 saturated heterocycles. The first kappa shape index (κ1) is 13.9. The molecule has 3 atom stereocenters. The monoisotopic (exact) mass is 292 g/mol. The number of carbonyl (C=O) groups excluding carboxylic acids is 1. The fraction of sp³-hybridized carbons (Fsp3) is 0.824. The summed E-state index contributed by atoms with van der Waals surface area (Å²) >= 11 is 0. The lowest BCUT2D eigenvalue weighted by Crippen LogP contribution is -2.48. The van der Waals surface area contributed by atoms with Gasteiger partial charge in [0.2, 0.25) is 0 Å². The van der Waals surface area contributed by atoms with Gasteiger partial charge in [0.15, 0.2) is 11.6 Å². The summed E-state index contributed by atoms with van der Waals surface area (Å²) in [7, 11) is 0. The van der Waals surface area contributed by atoms with Gasteiger partial charge in [-0.1, -0.05) is 5.57 Å². The van der Waals surface area contributed by atoms with Crippen LogP contribution >= 0.6 is 0 Å². The first-order valence-electron chi connectivity index (χ1n) is 8.14. The van der Waals surface area contributed by atoms with Gasteiger partial charge in [-0.3, -0.25) is 4.79 Å². The van der Waals surface area contributed by atoms with Gasteiger partial charge in [0.25, 0.3) is 0 Å². The van der Waals surface area contributed by atoms with Crippen LogP contribution in [-0.2, 0) is 19.0 Å². The fourth-order valence-corrected chi connectivity index (χ4v) is 4.72. The van der Waals surface area contributed by atoms with Crippen LogP contribution < -0.4 is 0 Å². The normalized spacial score (nSPS) is 44.6. The molecule has 4 rings (SSSR count). The molecule has 0 bridgehead atoms. The Hall–Kier alpha value is -0.710. The molecular formula is C17H24O4. The summed E-state index contributed by atoms with van der Waals surface area (Å²) in [6.45, 7) is 5.42. The first-order valence-corrected chi connectivity index (χ1v) is 8.14. The highest BCUT2D eigenvalue weighted by Gasteiger charge is 2.65. The Bertz CT molecular complexity index is 503. The Balaban J connectivity index is 1.65. The van der Waals surface area contributed by atoms with E-state index in [-0.39, 0.29) is 22.9 Å². The van der Waals surface area contributed by atoms with Crippen molar-refractivity contribution in [3.63, 3.8) is 0 Å². The summed E-state index contributed by atoms with van der Waals surface area (Å²) < 4.78 is 17.7. The number of carbonyl (C=O) groups is 1. The Morgan fingerprint density at radius 2 is 2.05 bits per heavy atom. The molecular weight excluding hydrogens is 268 g/mol. The van der Waals surface area contributed by atoms with E-state index in [4.69, 9.17) is 14.2 Å². The number of epoxide rings is 1. The Morgan fingerprint density at radius 3 is 2.71 bits per heavy atom.